The number of pyridine rings is 1. The number of aromatic nitrogens is 1. The monoisotopic (exact) mass is 507 g/mol. The summed E-state index contributed by atoms with van der Waals surface area (Å²) in [5, 5.41) is 4.56. The van der Waals surface area contributed by atoms with Crippen LogP contribution >= 0.6 is 18.9 Å². The van der Waals surface area contributed by atoms with Gasteiger partial charge < -0.3 is 21.4 Å². The van der Waals surface area contributed by atoms with Crippen molar-refractivity contribution in [3.05, 3.63) is 120 Å². The topological polar surface area (TPSA) is 26.0 Å². The normalized spacial score (nSPS) is 11.3. The summed E-state index contributed by atoms with van der Waals surface area (Å²) in [6.07, 6.45) is 2.36. The van der Waals surface area contributed by atoms with Gasteiger partial charge in [-0.1, -0.05) is 66.2 Å². The molecule has 5 heteroatoms. The molecular formula is C26H20BrClNOP. The van der Waals surface area contributed by atoms with Crippen LogP contribution in [0.25, 0.3) is 11.1 Å². The largest absolute Gasteiger partial charge is 1.00 e. The van der Waals surface area contributed by atoms with E-state index in [1.54, 1.807) is 6.26 Å². The van der Waals surface area contributed by atoms with E-state index in [-0.39, 0.29) is 17.0 Å². The smallest absolute Gasteiger partial charge is 0.153 e. The highest BCUT2D eigenvalue weighted by Gasteiger charge is 2.45. The zero-order valence-electron chi connectivity index (χ0n) is 16.7. The minimum absolute atomic E-state index is 0. The predicted octanol–water partition coefficient (Wildman–Crippen LogP) is 2.98. The summed E-state index contributed by atoms with van der Waals surface area (Å²) in [6, 6.07) is 36.5. The van der Waals surface area contributed by atoms with E-state index in [4.69, 9.17) is 21.0 Å². The summed E-state index contributed by atoms with van der Waals surface area (Å²) < 4.78 is 5.50. The number of hydrogen-bond acceptors (Lipinski definition) is 2. The van der Waals surface area contributed by atoms with Crippen molar-refractivity contribution in [2.75, 3.05) is 0 Å². The first-order valence-electron chi connectivity index (χ1n) is 9.85. The lowest BCUT2D eigenvalue weighted by molar-refractivity contribution is -0.00000620. The molecule has 0 atom stereocenters. The van der Waals surface area contributed by atoms with Crippen molar-refractivity contribution in [2.45, 2.75) is 6.16 Å². The van der Waals surface area contributed by atoms with E-state index in [0.29, 0.717) is 10.6 Å². The summed E-state index contributed by atoms with van der Waals surface area (Å²) in [6.45, 7) is 0. The fourth-order valence-corrected chi connectivity index (χ4v) is 8.35. The van der Waals surface area contributed by atoms with Crippen LogP contribution in [-0.2, 0) is 6.16 Å². The Morgan fingerprint density at radius 1 is 0.677 bits per heavy atom. The van der Waals surface area contributed by atoms with Gasteiger partial charge in [-0.15, -0.1) is 0 Å². The van der Waals surface area contributed by atoms with Gasteiger partial charge in [-0.05, 0) is 48.5 Å². The first kappa shape index (κ1) is 21.8. The van der Waals surface area contributed by atoms with Gasteiger partial charge in [0.15, 0.2) is 5.58 Å². The molecule has 5 rings (SSSR count). The maximum absolute atomic E-state index is 6.32. The third-order valence-corrected chi connectivity index (χ3v) is 10.0. The molecule has 3 aromatic carbocycles. The highest BCUT2D eigenvalue weighted by Crippen LogP contribution is 2.58. The van der Waals surface area contributed by atoms with Gasteiger partial charge in [-0.25, -0.2) is 4.98 Å². The second-order valence-electron chi connectivity index (χ2n) is 7.21. The van der Waals surface area contributed by atoms with Crippen molar-refractivity contribution in [3.8, 4) is 0 Å². The van der Waals surface area contributed by atoms with Gasteiger partial charge in [-0.2, -0.15) is 0 Å². The zero-order chi connectivity index (χ0) is 20.4. The molecule has 154 valence electrons. The van der Waals surface area contributed by atoms with Gasteiger partial charge in [0, 0.05) is 0 Å². The van der Waals surface area contributed by atoms with Crippen molar-refractivity contribution >= 4 is 45.9 Å². The Hall–Kier alpha value is -2.45. The molecule has 0 fully saturated rings. The Bertz CT molecular complexity index is 1180. The van der Waals surface area contributed by atoms with Crippen molar-refractivity contribution in [2.24, 2.45) is 0 Å². The van der Waals surface area contributed by atoms with Gasteiger partial charge in [0.05, 0.1) is 5.69 Å². The summed E-state index contributed by atoms with van der Waals surface area (Å²) in [7, 11) is -1.99. The minimum Gasteiger partial charge on any atom is -1.00 e. The molecule has 0 aliphatic heterocycles. The van der Waals surface area contributed by atoms with Crippen molar-refractivity contribution < 1.29 is 21.4 Å². The Labute approximate surface area is 198 Å². The molecule has 0 spiro atoms. The summed E-state index contributed by atoms with van der Waals surface area (Å²) in [5.74, 6) is 0. The second kappa shape index (κ2) is 9.36. The third-order valence-electron chi connectivity index (χ3n) is 5.42. The second-order valence-corrected chi connectivity index (χ2v) is 11.1. The molecule has 2 heterocycles. The van der Waals surface area contributed by atoms with Crippen LogP contribution in [0.4, 0.5) is 0 Å². The number of hydrogen-bond donors (Lipinski definition) is 0. The summed E-state index contributed by atoms with van der Waals surface area (Å²) in [5.41, 5.74) is 2.45. The van der Waals surface area contributed by atoms with Crippen molar-refractivity contribution in [1.82, 2.24) is 4.98 Å². The average Bonchev–Trinajstić information content (AvgIpc) is 3.19. The lowest BCUT2D eigenvalue weighted by atomic mass is 10.3. The average molecular weight is 509 g/mol. The molecule has 0 amide bonds. The van der Waals surface area contributed by atoms with Crippen LogP contribution in [0.2, 0.25) is 5.02 Å². The van der Waals surface area contributed by atoms with E-state index in [0.717, 1.165) is 17.4 Å². The van der Waals surface area contributed by atoms with Gasteiger partial charge in [0.25, 0.3) is 0 Å². The first-order chi connectivity index (χ1) is 14.8. The summed E-state index contributed by atoms with van der Waals surface area (Å²) >= 11 is 6.32. The molecule has 0 saturated heterocycles. The van der Waals surface area contributed by atoms with Gasteiger partial charge in [0.1, 0.15) is 46.1 Å². The molecule has 2 aromatic heterocycles. The lowest BCUT2D eigenvalue weighted by Crippen LogP contribution is -3.00. The number of nitrogens with zero attached hydrogens (tertiary/aromatic N) is 1. The molecule has 0 saturated carbocycles. The summed E-state index contributed by atoms with van der Waals surface area (Å²) in [4.78, 5) is 4.90. The van der Waals surface area contributed by atoms with Crippen molar-refractivity contribution in [1.29, 1.82) is 0 Å². The van der Waals surface area contributed by atoms with E-state index in [9.17, 15) is 0 Å². The quantitative estimate of drug-likeness (QED) is 0.341. The van der Waals surface area contributed by atoms with Gasteiger partial charge >= 0.3 is 0 Å². The van der Waals surface area contributed by atoms with Crippen LogP contribution in [-0.4, -0.2) is 4.98 Å². The van der Waals surface area contributed by atoms with Crippen LogP contribution < -0.4 is 32.9 Å². The Kier molecular flexibility index (Phi) is 6.57. The molecule has 0 radical (unpaired) electrons. The number of rotatable bonds is 5. The van der Waals surface area contributed by atoms with E-state index in [1.807, 2.05) is 6.07 Å². The molecule has 0 N–H and O–H groups in total. The van der Waals surface area contributed by atoms with Gasteiger partial charge in [0.2, 0.25) is 0 Å². The SMILES string of the molecule is Clc1coc2ccc(C[P+](c3ccccc3)(c3ccccc3)c3ccccc3)nc12.[Br-]. The fraction of sp³-hybridized carbons (Fsp3) is 0.0385. The van der Waals surface area contributed by atoms with Crippen LogP contribution in [0.15, 0.2) is 114 Å². The number of furan rings is 1. The number of halogens is 2. The van der Waals surface area contributed by atoms with E-state index >= 15 is 0 Å². The Morgan fingerprint density at radius 3 is 1.65 bits per heavy atom. The number of fused-ring (bicyclic) bond motifs is 1. The molecule has 5 aromatic rings. The van der Waals surface area contributed by atoms with Crippen LogP contribution in [0, 0.1) is 0 Å². The van der Waals surface area contributed by atoms with Crippen LogP contribution in [0.3, 0.4) is 0 Å². The van der Waals surface area contributed by atoms with Crippen LogP contribution in [0.1, 0.15) is 5.69 Å². The fourth-order valence-electron chi connectivity index (χ4n) is 4.02. The van der Waals surface area contributed by atoms with E-state index < -0.39 is 7.26 Å². The molecule has 0 unspecified atom stereocenters. The standard InChI is InChI=1S/C26H20ClNOP.BrH/c27-24-18-29-25-17-16-20(28-26(24)25)19-30(21-10-4-1-5-11-21,22-12-6-2-7-13-22)23-14-8-3-9-15-23;/h1-18H,19H2;1H/q+1;/p-1. The minimum atomic E-state index is -1.99. The van der Waals surface area contributed by atoms with Crippen LogP contribution in [0.5, 0.6) is 0 Å². The third kappa shape index (κ3) is 4.06. The highest BCUT2D eigenvalue weighted by molar-refractivity contribution is 7.95. The predicted molar refractivity (Wildman–Crippen MR) is 128 cm³/mol. The van der Waals surface area contributed by atoms with Crippen molar-refractivity contribution in [3.63, 3.8) is 0 Å². The highest BCUT2D eigenvalue weighted by atomic mass is 79.9. The molecule has 0 bridgehead atoms. The van der Waals surface area contributed by atoms with Gasteiger partial charge in [-0.3, -0.25) is 0 Å². The maximum atomic E-state index is 6.32. The molecule has 31 heavy (non-hydrogen) atoms. The first-order valence-corrected chi connectivity index (χ1v) is 12.2. The maximum Gasteiger partial charge on any atom is 0.153 e. The molecule has 0 aliphatic rings. The molecule has 2 nitrogen and oxygen atoms in total. The van der Waals surface area contributed by atoms with E-state index in [1.165, 1.54) is 15.9 Å². The molecular weight excluding hydrogens is 489 g/mol. The lowest BCUT2D eigenvalue weighted by Gasteiger charge is -2.27. The Balaban J connectivity index is 0.00000231. The Morgan fingerprint density at radius 2 is 1.16 bits per heavy atom. The number of benzene rings is 3. The van der Waals surface area contributed by atoms with E-state index in [2.05, 4.69) is 97.1 Å². The zero-order valence-corrected chi connectivity index (χ0v) is 19.9. The molecule has 0 aliphatic carbocycles.